The average molecular weight is 487 g/mol. The van der Waals surface area contributed by atoms with Gasteiger partial charge in [0.05, 0.1) is 32.1 Å². The van der Waals surface area contributed by atoms with Crippen molar-refractivity contribution in [1.82, 2.24) is 19.6 Å². The number of carbonyl (C=O) groups excluding carboxylic acids is 1. The van der Waals surface area contributed by atoms with E-state index in [1.54, 1.807) is 19.2 Å². The molecule has 0 spiro atoms. The van der Waals surface area contributed by atoms with Crippen molar-refractivity contribution in [3.05, 3.63) is 95.9 Å². The number of aromatic nitrogens is 2. The number of rotatable bonds is 9. The van der Waals surface area contributed by atoms with Crippen molar-refractivity contribution in [2.75, 3.05) is 40.0 Å². The van der Waals surface area contributed by atoms with Crippen molar-refractivity contribution in [1.29, 1.82) is 0 Å². The van der Waals surface area contributed by atoms with E-state index in [9.17, 15) is 4.79 Å². The van der Waals surface area contributed by atoms with Gasteiger partial charge in [0.15, 0.2) is 0 Å². The lowest BCUT2D eigenvalue weighted by molar-refractivity contribution is 0.0162. The van der Waals surface area contributed by atoms with Crippen molar-refractivity contribution < 1.29 is 19.0 Å². The molecule has 0 radical (unpaired) electrons. The molecule has 8 nitrogen and oxygen atoms in total. The summed E-state index contributed by atoms with van der Waals surface area (Å²) in [6, 6.07) is 21.1. The number of morpholine rings is 1. The van der Waals surface area contributed by atoms with Crippen LogP contribution in [0.15, 0.2) is 79.1 Å². The first kappa shape index (κ1) is 23.8. The third-order valence-electron chi connectivity index (χ3n) is 6.36. The Kier molecular flexibility index (Phi) is 7.44. The largest absolute Gasteiger partial charge is 0.497 e. The van der Waals surface area contributed by atoms with E-state index in [2.05, 4.69) is 27.3 Å². The fraction of sp³-hybridized carbons (Fsp3) is 0.286. The Morgan fingerprint density at radius 1 is 1.03 bits per heavy atom. The molecule has 2 aromatic carbocycles. The number of amides is 1. The minimum atomic E-state index is -0.117. The van der Waals surface area contributed by atoms with Crippen molar-refractivity contribution in [3.63, 3.8) is 0 Å². The summed E-state index contributed by atoms with van der Waals surface area (Å²) in [7, 11) is 1.66. The summed E-state index contributed by atoms with van der Waals surface area (Å²) in [4.78, 5) is 19.8. The first-order chi connectivity index (χ1) is 17.7. The number of hydrogen-bond acceptors (Lipinski definition) is 6. The van der Waals surface area contributed by atoms with Gasteiger partial charge in [0.2, 0.25) is 0 Å². The maximum Gasteiger partial charge on any atom is 0.251 e. The van der Waals surface area contributed by atoms with Gasteiger partial charge in [-0.15, -0.1) is 0 Å². The summed E-state index contributed by atoms with van der Waals surface area (Å²) >= 11 is 0. The highest BCUT2D eigenvalue weighted by Crippen LogP contribution is 2.24. The fourth-order valence-electron chi connectivity index (χ4n) is 4.38. The molecule has 1 aliphatic heterocycles. The van der Waals surface area contributed by atoms with E-state index in [1.165, 1.54) is 0 Å². The van der Waals surface area contributed by atoms with E-state index < -0.39 is 0 Å². The Bertz CT molecular complexity index is 1250. The van der Waals surface area contributed by atoms with Gasteiger partial charge in [-0.3, -0.25) is 9.69 Å². The fourth-order valence-corrected chi connectivity index (χ4v) is 4.38. The molecule has 1 atom stereocenters. The van der Waals surface area contributed by atoms with Crippen LogP contribution >= 0.6 is 0 Å². The van der Waals surface area contributed by atoms with Crippen LogP contribution in [0.3, 0.4) is 0 Å². The number of nitrogens with one attached hydrogen (secondary N) is 1. The van der Waals surface area contributed by atoms with Gasteiger partial charge in [-0.25, -0.2) is 4.98 Å². The SMILES string of the molecule is COc1ccc(C(CNC(=O)c2ccc(OCc3cn4ccccc4n3)cc2)N2CCOCC2)cc1. The average Bonchev–Trinajstić information content (AvgIpc) is 3.36. The van der Waals surface area contributed by atoms with Crippen LogP contribution in [-0.4, -0.2) is 60.1 Å². The third kappa shape index (κ3) is 5.67. The molecule has 1 N–H and O–H groups in total. The topological polar surface area (TPSA) is 77.3 Å². The van der Waals surface area contributed by atoms with Crippen LogP contribution in [0.5, 0.6) is 11.5 Å². The number of nitrogens with zero attached hydrogens (tertiary/aromatic N) is 3. The van der Waals surface area contributed by atoms with E-state index in [1.807, 2.05) is 59.3 Å². The smallest absolute Gasteiger partial charge is 0.251 e. The van der Waals surface area contributed by atoms with Crippen molar-refractivity contribution in [2.24, 2.45) is 0 Å². The van der Waals surface area contributed by atoms with Crippen LogP contribution in [0.2, 0.25) is 0 Å². The summed E-state index contributed by atoms with van der Waals surface area (Å²) in [5.74, 6) is 1.38. The normalized spacial score (nSPS) is 14.9. The van der Waals surface area contributed by atoms with Gasteiger partial charge >= 0.3 is 0 Å². The van der Waals surface area contributed by atoms with E-state index in [0.29, 0.717) is 37.7 Å². The zero-order valence-corrected chi connectivity index (χ0v) is 20.3. The summed E-state index contributed by atoms with van der Waals surface area (Å²) in [6.07, 6.45) is 3.91. The van der Waals surface area contributed by atoms with Gasteiger partial charge in [0.25, 0.3) is 5.91 Å². The second-order valence-corrected chi connectivity index (χ2v) is 8.66. The van der Waals surface area contributed by atoms with Gasteiger partial charge in [-0.1, -0.05) is 18.2 Å². The van der Waals surface area contributed by atoms with Crippen LogP contribution in [0.25, 0.3) is 5.65 Å². The minimum absolute atomic E-state index is 0.0526. The predicted molar refractivity (Wildman–Crippen MR) is 136 cm³/mol. The molecular formula is C28H30N4O4. The molecule has 0 saturated carbocycles. The highest BCUT2D eigenvalue weighted by molar-refractivity contribution is 5.94. The molecule has 186 valence electrons. The number of benzene rings is 2. The number of pyridine rings is 1. The number of ether oxygens (including phenoxy) is 3. The van der Waals surface area contributed by atoms with Gasteiger partial charge in [0.1, 0.15) is 23.8 Å². The first-order valence-corrected chi connectivity index (χ1v) is 12.1. The standard InChI is InChI=1S/C28H30N4O4/c1-34-24-9-5-21(6-10-24)26(31-14-16-35-17-15-31)18-29-28(33)22-7-11-25(12-8-22)36-20-23-19-32-13-3-2-4-27(32)30-23/h2-13,19,26H,14-18,20H2,1H3,(H,29,33). The Labute approximate surface area is 210 Å². The molecule has 1 fully saturated rings. The Hall–Kier alpha value is -3.88. The first-order valence-electron chi connectivity index (χ1n) is 12.1. The van der Waals surface area contributed by atoms with Crippen LogP contribution in [0.4, 0.5) is 0 Å². The molecule has 1 amide bonds. The van der Waals surface area contributed by atoms with Crippen LogP contribution < -0.4 is 14.8 Å². The van der Waals surface area contributed by atoms with Gasteiger partial charge < -0.3 is 23.9 Å². The maximum atomic E-state index is 12.9. The summed E-state index contributed by atoms with van der Waals surface area (Å²) < 4.78 is 18.7. The third-order valence-corrected chi connectivity index (χ3v) is 6.36. The summed E-state index contributed by atoms with van der Waals surface area (Å²) in [6.45, 7) is 3.89. The molecule has 1 unspecified atom stereocenters. The Balaban J connectivity index is 1.19. The molecule has 1 aliphatic rings. The molecule has 3 heterocycles. The lowest BCUT2D eigenvalue weighted by atomic mass is 10.0. The zero-order valence-electron chi connectivity index (χ0n) is 20.3. The summed E-state index contributed by atoms with van der Waals surface area (Å²) in [5.41, 5.74) is 3.45. The molecule has 5 rings (SSSR count). The molecule has 0 aliphatic carbocycles. The predicted octanol–water partition coefficient (Wildman–Crippen LogP) is 3.73. The van der Waals surface area contributed by atoms with Crippen molar-refractivity contribution in [3.8, 4) is 11.5 Å². The molecular weight excluding hydrogens is 456 g/mol. The number of methoxy groups -OCH3 is 1. The lowest BCUT2D eigenvalue weighted by Gasteiger charge is -2.35. The monoisotopic (exact) mass is 486 g/mol. The van der Waals surface area contributed by atoms with E-state index in [0.717, 1.165) is 35.7 Å². The molecule has 36 heavy (non-hydrogen) atoms. The van der Waals surface area contributed by atoms with Gasteiger partial charge in [-0.05, 0) is 54.1 Å². The number of carbonyl (C=O) groups is 1. The molecule has 4 aromatic rings. The zero-order chi connectivity index (χ0) is 24.7. The number of hydrogen-bond donors (Lipinski definition) is 1. The van der Waals surface area contributed by atoms with Gasteiger partial charge in [0, 0.05) is 37.6 Å². The lowest BCUT2D eigenvalue weighted by Crippen LogP contribution is -2.43. The number of fused-ring (bicyclic) bond motifs is 1. The van der Waals surface area contributed by atoms with Gasteiger partial charge in [-0.2, -0.15) is 0 Å². The molecule has 8 heteroatoms. The highest BCUT2D eigenvalue weighted by Gasteiger charge is 2.23. The van der Waals surface area contributed by atoms with E-state index in [-0.39, 0.29) is 11.9 Å². The quantitative estimate of drug-likeness (QED) is 0.389. The minimum Gasteiger partial charge on any atom is -0.497 e. The number of imidazole rings is 1. The molecule has 0 bridgehead atoms. The molecule has 2 aromatic heterocycles. The van der Waals surface area contributed by atoms with E-state index >= 15 is 0 Å². The second-order valence-electron chi connectivity index (χ2n) is 8.66. The Morgan fingerprint density at radius 2 is 1.78 bits per heavy atom. The summed E-state index contributed by atoms with van der Waals surface area (Å²) in [5, 5.41) is 3.11. The van der Waals surface area contributed by atoms with E-state index in [4.69, 9.17) is 14.2 Å². The van der Waals surface area contributed by atoms with Crippen LogP contribution in [0, 0.1) is 0 Å². The Morgan fingerprint density at radius 3 is 2.50 bits per heavy atom. The second kappa shape index (κ2) is 11.2. The van der Waals surface area contributed by atoms with Crippen LogP contribution in [0.1, 0.15) is 27.7 Å². The maximum absolute atomic E-state index is 12.9. The van der Waals surface area contributed by atoms with Crippen LogP contribution in [-0.2, 0) is 11.3 Å². The molecule has 1 saturated heterocycles. The van der Waals surface area contributed by atoms with Crippen molar-refractivity contribution in [2.45, 2.75) is 12.6 Å². The van der Waals surface area contributed by atoms with Crippen molar-refractivity contribution >= 4 is 11.6 Å². The highest BCUT2D eigenvalue weighted by atomic mass is 16.5.